The third kappa shape index (κ3) is 5.03. The van der Waals surface area contributed by atoms with Gasteiger partial charge in [0.25, 0.3) is 0 Å². The second kappa shape index (κ2) is 5.85. The predicted molar refractivity (Wildman–Crippen MR) is 72.0 cm³/mol. The summed E-state index contributed by atoms with van der Waals surface area (Å²) in [5.74, 6) is 0.137. The lowest BCUT2D eigenvalue weighted by Gasteiger charge is -2.24. The summed E-state index contributed by atoms with van der Waals surface area (Å²) < 4.78 is 0. The number of hydrogen-bond donors (Lipinski definition) is 1. The van der Waals surface area contributed by atoms with Gasteiger partial charge < -0.3 is 5.32 Å². The molecule has 0 spiro atoms. The van der Waals surface area contributed by atoms with Gasteiger partial charge in [0.15, 0.2) is 0 Å². The molecule has 17 heavy (non-hydrogen) atoms. The molecule has 2 heteroatoms. The second-order valence-electron chi connectivity index (χ2n) is 5.27. The number of hydrogen-bond acceptors (Lipinski definition) is 1. The fraction of sp³-hybridized carbons (Fsp3) is 0.533. The number of carbonyl (C=O) groups excluding carboxylic acids is 1. The predicted octanol–water partition coefficient (Wildman–Crippen LogP) is 3.23. The monoisotopic (exact) mass is 233 g/mol. The Balaban J connectivity index is 2.44. The van der Waals surface area contributed by atoms with Crippen molar-refractivity contribution in [2.24, 2.45) is 0 Å². The van der Waals surface area contributed by atoms with Gasteiger partial charge in [-0.3, -0.25) is 4.79 Å². The van der Waals surface area contributed by atoms with E-state index >= 15 is 0 Å². The molecule has 0 fully saturated rings. The molecule has 0 unspecified atom stereocenters. The van der Waals surface area contributed by atoms with E-state index in [-0.39, 0.29) is 11.4 Å². The van der Waals surface area contributed by atoms with Gasteiger partial charge in [-0.05, 0) is 39.2 Å². The van der Waals surface area contributed by atoms with Gasteiger partial charge in [0.1, 0.15) is 0 Å². The molecule has 0 aromatic heterocycles. The van der Waals surface area contributed by atoms with Crippen LogP contribution in [0.4, 0.5) is 0 Å². The minimum atomic E-state index is -0.0936. The zero-order valence-electron chi connectivity index (χ0n) is 11.3. The van der Waals surface area contributed by atoms with Crippen LogP contribution in [0, 0.1) is 6.92 Å². The van der Waals surface area contributed by atoms with Crippen LogP contribution in [0.1, 0.15) is 44.7 Å². The molecule has 1 rings (SSSR count). The van der Waals surface area contributed by atoms with E-state index in [0.29, 0.717) is 6.42 Å². The van der Waals surface area contributed by atoms with Crippen LogP contribution in [0.2, 0.25) is 0 Å². The number of amides is 1. The van der Waals surface area contributed by atoms with E-state index in [1.165, 1.54) is 11.1 Å². The van der Waals surface area contributed by atoms with Gasteiger partial charge in [-0.1, -0.05) is 36.8 Å². The summed E-state index contributed by atoms with van der Waals surface area (Å²) in [7, 11) is 0. The number of nitrogens with one attached hydrogen (secondary N) is 1. The first-order valence-corrected chi connectivity index (χ1v) is 6.29. The Kier molecular flexibility index (Phi) is 4.73. The molecular formula is C15H23NO. The zero-order valence-corrected chi connectivity index (χ0v) is 11.3. The average Bonchev–Trinajstić information content (AvgIpc) is 2.26. The van der Waals surface area contributed by atoms with Crippen LogP contribution < -0.4 is 5.32 Å². The van der Waals surface area contributed by atoms with Gasteiger partial charge in [-0.15, -0.1) is 0 Å². The highest BCUT2D eigenvalue weighted by Crippen LogP contribution is 2.09. The van der Waals surface area contributed by atoms with E-state index in [2.05, 4.69) is 51.2 Å². The highest BCUT2D eigenvalue weighted by Gasteiger charge is 2.17. The van der Waals surface area contributed by atoms with Gasteiger partial charge in [-0.25, -0.2) is 0 Å². The molecular weight excluding hydrogens is 210 g/mol. The SMILES string of the molecule is CCC(C)(C)NC(=O)CCc1cccc(C)c1. The van der Waals surface area contributed by atoms with Crippen molar-refractivity contribution in [1.82, 2.24) is 5.32 Å². The van der Waals surface area contributed by atoms with Crippen molar-refractivity contribution in [2.75, 3.05) is 0 Å². The molecule has 1 aromatic rings. The van der Waals surface area contributed by atoms with Crippen molar-refractivity contribution in [3.05, 3.63) is 35.4 Å². The van der Waals surface area contributed by atoms with E-state index in [1.54, 1.807) is 0 Å². The maximum absolute atomic E-state index is 11.8. The van der Waals surface area contributed by atoms with Gasteiger partial charge in [0.05, 0.1) is 0 Å². The smallest absolute Gasteiger partial charge is 0.220 e. The topological polar surface area (TPSA) is 29.1 Å². The van der Waals surface area contributed by atoms with E-state index in [1.807, 2.05) is 6.07 Å². The van der Waals surface area contributed by atoms with Crippen molar-refractivity contribution < 1.29 is 4.79 Å². The molecule has 0 saturated heterocycles. The standard InChI is InChI=1S/C15H23NO/c1-5-15(3,4)16-14(17)10-9-13-8-6-7-12(2)11-13/h6-8,11H,5,9-10H2,1-4H3,(H,16,17). The molecule has 1 amide bonds. The molecule has 94 valence electrons. The fourth-order valence-electron chi connectivity index (χ4n) is 1.65. The maximum atomic E-state index is 11.8. The third-order valence-corrected chi connectivity index (χ3v) is 3.08. The molecule has 1 N–H and O–H groups in total. The molecule has 0 saturated carbocycles. The van der Waals surface area contributed by atoms with Crippen LogP contribution in [0.25, 0.3) is 0 Å². The van der Waals surface area contributed by atoms with Crippen LogP contribution in [0.5, 0.6) is 0 Å². The summed E-state index contributed by atoms with van der Waals surface area (Å²) in [6.07, 6.45) is 2.32. The van der Waals surface area contributed by atoms with Crippen LogP contribution >= 0.6 is 0 Å². The highest BCUT2D eigenvalue weighted by atomic mass is 16.1. The number of benzene rings is 1. The Morgan fingerprint density at radius 2 is 2.06 bits per heavy atom. The van der Waals surface area contributed by atoms with Crippen LogP contribution in [0.15, 0.2) is 24.3 Å². The minimum absolute atomic E-state index is 0.0936. The number of rotatable bonds is 5. The van der Waals surface area contributed by atoms with Gasteiger partial charge in [-0.2, -0.15) is 0 Å². The molecule has 1 aromatic carbocycles. The Morgan fingerprint density at radius 1 is 1.35 bits per heavy atom. The Labute approximate surface area is 104 Å². The lowest BCUT2D eigenvalue weighted by Crippen LogP contribution is -2.42. The highest BCUT2D eigenvalue weighted by molar-refractivity contribution is 5.76. The average molecular weight is 233 g/mol. The van der Waals surface area contributed by atoms with Crippen LogP contribution in [-0.2, 0) is 11.2 Å². The summed E-state index contributed by atoms with van der Waals surface area (Å²) >= 11 is 0. The van der Waals surface area contributed by atoms with E-state index in [9.17, 15) is 4.79 Å². The first-order valence-electron chi connectivity index (χ1n) is 6.29. The quantitative estimate of drug-likeness (QED) is 0.831. The van der Waals surface area contributed by atoms with E-state index < -0.39 is 0 Å². The van der Waals surface area contributed by atoms with Gasteiger partial charge in [0, 0.05) is 12.0 Å². The Morgan fingerprint density at radius 3 is 2.65 bits per heavy atom. The second-order valence-corrected chi connectivity index (χ2v) is 5.27. The van der Waals surface area contributed by atoms with Crippen LogP contribution in [0.3, 0.4) is 0 Å². The first kappa shape index (κ1) is 13.8. The fourth-order valence-corrected chi connectivity index (χ4v) is 1.65. The Hall–Kier alpha value is -1.31. The molecule has 0 heterocycles. The van der Waals surface area contributed by atoms with Crippen molar-refractivity contribution in [1.29, 1.82) is 0 Å². The first-order chi connectivity index (χ1) is 7.93. The van der Waals surface area contributed by atoms with Crippen molar-refractivity contribution in [2.45, 2.75) is 52.5 Å². The third-order valence-electron chi connectivity index (χ3n) is 3.08. The summed E-state index contributed by atoms with van der Waals surface area (Å²) in [5.41, 5.74) is 2.38. The molecule has 0 aliphatic carbocycles. The summed E-state index contributed by atoms with van der Waals surface area (Å²) in [6, 6.07) is 8.33. The molecule has 0 aliphatic rings. The summed E-state index contributed by atoms with van der Waals surface area (Å²) in [5, 5.41) is 3.05. The maximum Gasteiger partial charge on any atom is 0.220 e. The van der Waals surface area contributed by atoms with Crippen molar-refractivity contribution >= 4 is 5.91 Å². The van der Waals surface area contributed by atoms with Crippen molar-refractivity contribution in [3.8, 4) is 0 Å². The minimum Gasteiger partial charge on any atom is -0.351 e. The molecule has 0 bridgehead atoms. The summed E-state index contributed by atoms with van der Waals surface area (Å²) in [6.45, 7) is 8.26. The van der Waals surface area contributed by atoms with Crippen LogP contribution in [-0.4, -0.2) is 11.4 Å². The van der Waals surface area contributed by atoms with Gasteiger partial charge >= 0.3 is 0 Å². The van der Waals surface area contributed by atoms with Crippen molar-refractivity contribution in [3.63, 3.8) is 0 Å². The van der Waals surface area contributed by atoms with E-state index in [0.717, 1.165) is 12.8 Å². The zero-order chi connectivity index (χ0) is 12.9. The Bertz CT molecular complexity index is 382. The number of carbonyl (C=O) groups is 1. The molecule has 0 aliphatic heterocycles. The lowest BCUT2D eigenvalue weighted by molar-refractivity contribution is -0.122. The summed E-state index contributed by atoms with van der Waals surface area (Å²) in [4.78, 5) is 11.8. The molecule has 0 radical (unpaired) electrons. The lowest BCUT2D eigenvalue weighted by atomic mass is 10.0. The normalized spacial score (nSPS) is 11.3. The van der Waals surface area contributed by atoms with E-state index in [4.69, 9.17) is 0 Å². The molecule has 0 atom stereocenters. The molecule has 2 nitrogen and oxygen atoms in total. The van der Waals surface area contributed by atoms with Gasteiger partial charge in [0.2, 0.25) is 5.91 Å². The number of aryl methyl sites for hydroxylation is 2. The largest absolute Gasteiger partial charge is 0.351 e.